The Kier molecular flexibility index (Phi) is 8.36. The van der Waals surface area contributed by atoms with Crippen LogP contribution >= 0.6 is 0 Å². The molecule has 3 fully saturated rings. The Morgan fingerprint density at radius 1 is 0.878 bits per heavy atom. The topological polar surface area (TPSA) is 62.2 Å². The number of methoxy groups -OCH3 is 1. The molecule has 1 N–H and O–H groups in total. The molecule has 3 aromatic carbocycles. The highest BCUT2D eigenvalue weighted by molar-refractivity contribution is 5.81. The van der Waals surface area contributed by atoms with Crippen LogP contribution < -0.4 is 19.3 Å². The van der Waals surface area contributed by atoms with Crippen molar-refractivity contribution in [2.45, 2.75) is 50.9 Å². The van der Waals surface area contributed by atoms with Crippen molar-refractivity contribution in [3.8, 4) is 22.6 Å². The summed E-state index contributed by atoms with van der Waals surface area (Å²) in [6.45, 7) is 4.95. The van der Waals surface area contributed by atoms with Crippen molar-refractivity contribution in [3.63, 3.8) is 0 Å². The highest BCUT2D eigenvalue weighted by Crippen LogP contribution is 2.45. The minimum atomic E-state index is -0.724. The molecule has 6 nitrogen and oxygen atoms in total. The van der Waals surface area contributed by atoms with Crippen molar-refractivity contribution in [2.75, 3.05) is 49.7 Å². The summed E-state index contributed by atoms with van der Waals surface area (Å²) in [6.07, 6.45) is 7.14. The van der Waals surface area contributed by atoms with Crippen molar-refractivity contribution >= 4 is 17.3 Å². The third-order valence-corrected chi connectivity index (χ3v) is 9.17. The van der Waals surface area contributed by atoms with Crippen molar-refractivity contribution in [1.82, 2.24) is 0 Å². The largest absolute Gasteiger partial charge is 0.497 e. The van der Waals surface area contributed by atoms with Gasteiger partial charge >= 0.3 is 5.97 Å². The predicted octanol–water partition coefficient (Wildman–Crippen LogP) is 7.23. The Morgan fingerprint density at radius 2 is 1.63 bits per heavy atom. The van der Waals surface area contributed by atoms with Gasteiger partial charge in [-0.2, -0.15) is 0 Å². The molecule has 6 rings (SSSR count). The molecule has 1 aliphatic carbocycles. The molecule has 41 heavy (non-hydrogen) atoms. The third-order valence-electron chi connectivity index (χ3n) is 9.17. The number of carbonyl (C=O) groups is 1. The predicted molar refractivity (Wildman–Crippen MR) is 164 cm³/mol. The molecular weight excluding hydrogens is 512 g/mol. The lowest BCUT2D eigenvalue weighted by Crippen LogP contribution is -2.35. The van der Waals surface area contributed by atoms with Gasteiger partial charge in [-0.05, 0) is 104 Å². The number of aliphatic carboxylic acids is 1. The molecule has 3 aromatic rings. The van der Waals surface area contributed by atoms with Gasteiger partial charge in [-0.15, -0.1) is 0 Å². The molecule has 1 saturated carbocycles. The van der Waals surface area contributed by atoms with Gasteiger partial charge in [0.05, 0.1) is 20.1 Å². The lowest BCUT2D eigenvalue weighted by Gasteiger charge is -2.35. The van der Waals surface area contributed by atoms with Crippen LogP contribution in [0.1, 0.15) is 56.4 Å². The fraction of sp³-hybridized carbons (Fsp3) is 0.457. The van der Waals surface area contributed by atoms with E-state index in [-0.39, 0.29) is 12.3 Å². The van der Waals surface area contributed by atoms with E-state index in [1.807, 2.05) is 12.1 Å². The monoisotopic (exact) mass is 554 g/mol. The molecule has 0 spiro atoms. The maximum absolute atomic E-state index is 11.4. The number of carboxylic acid groups (broad SMARTS) is 1. The molecular formula is C35H42N2O4. The van der Waals surface area contributed by atoms with Gasteiger partial charge in [0.25, 0.3) is 0 Å². The SMILES string of the molecule is COc1ccc(-c2ccc(N3CCCC3)cc2)c(N2CCC(COc3cccc([C@@H](CC(=O)O)C4CC4)c3)CC2)c1. The van der Waals surface area contributed by atoms with Crippen LogP contribution in [0.4, 0.5) is 11.4 Å². The highest BCUT2D eigenvalue weighted by atomic mass is 16.5. The molecule has 6 heteroatoms. The number of ether oxygens (including phenoxy) is 2. The first kappa shape index (κ1) is 27.5. The number of anilines is 2. The number of benzene rings is 3. The summed E-state index contributed by atoms with van der Waals surface area (Å²) in [6, 6.07) is 23.6. The average molecular weight is 555 g/mol. The number of nitrogens with zero attached hydrogens (tertiary/aromatic N) is 2. The fourth-order valence-corrected chi connectivity index (χ4v) is 6.60. The lowest BCUT2D eigenvalue weighted by molar-refractivity contribution is -0.137. The quantitative estimate of drug-likeness (QED) is 0.270. The lowest BCUT2D eigenvalue weighted by atomic mass is 9.91. The Labute approximate surface area is 243 Å². The van der Waals surface area contributed by atoms with Gasteiger partial charge in [0.15, 0.2) is 0 Å². The summed E-state index contributed by atoms with van der Waals surface area (Å²) in [5.74, 6) is 2.09. The van der Waals surface area contributed by atoms with Crippen LogP contribution in [0.25, 0.3) is 11.1 Å². The zero-order valence-corrected chi connectivity index (χ0v) is 24.1. The van der Waals surface area contributed by atoms with Gasteiger partial charge in [-0.1, -0.05) is 24.3 Å². The Hall–Kier alpha value is -3.67. The van der Waals surface area contributed by atoms with Gasteiger partial charge in [-0.25, -0.2) is 0 Å². The minimum Gasteiger partial charge on any atom is -0.497 e. The summed E-state index contributed by atoms with van der Waals surface area (Å²) in [4.78, 5) is 16.4. The Bertz CT molecular complexity index is 1320. The van der Waals surface area contributed by atoms with E-state index >= 15 is 0 Å². The molecule has 0 radical (unpaired) electrons. The van der Waals surface area contributed by atoms with Crippen molar-refractivity contribution in [3.05, 3.63) is 72.3 Å². The summed E-state index contributed by atoms with van der Waals surface area (Å²) in [7, 11) is 1.73. The van der Waals surface area contributed by atoms with Gasteiger partial charge in [0.1, 0.15) is 11.5 Å². The molecule has 1 atom stereocenters. The zero-order valence-electron chi connectivity index (χ0n) is 24.1. The molecule has 2 aliphatic heterocycles. The second kappa shape index (κ2) is 12.5. The van der Waals surface area contributed by atoms with Crippen LogP contribution in [0.15, 0.2) is 66.7 Å². The third kappa shape index (κ3) is 6.64. The summed E-state index contributed by atoms with van der Waals surface area (Å²) < 4.78 is 11.9. The van der Waals surface area contributed by atoms with Crippen LogP contribution in [-0.4, -0.2) is 51.0 Å². The normalized spacial score (nSPS) is 18.4. The first-order valence-electron chi connectivity index (χ1n) is 15.3. The van der Waals surface area contributed by atoms with Gasteiger partial charge < -0.3 is 24.4 Å². The smallest absolute Gasteiger partial charge is 0.303 e. The van der Waals surface area contributed by atoms with E-state index < -0.39 is 5.97 Å². The van der Waals surface area contributed by atoms with Crippen LogP contribution in [0, 0.1) is 11.8 Å². The molecule has 0 unspecified atom stereocenters. The van der Waals surface area contributed by atoms with E-state index in [0.29, 0.717) is 18.4 Å². The van der Waals surface area contributed by atoms with Crippen LogP contribution in [0.3, 0.4) is 0 Å². The number of hydrogen-bond donors (Lipinski definition) is 1. The molecule has 0 aromatic heterocycles. The first-order chi connectivity index (χ1) is 20.1. The van der Waals surface area contributed by atoms with E-state index in [1.54, 1.807) is 7.11 Å². The van der Waals surface area contributed by atoms with E-state index in [4.69, 9.17) is 9.47 Å². The summed E-state index contributed by atoms with van der Waals surface area (Å²) >= 11 is 0. The van der Waals surface area contributed by atoms with Crippen molar-refractivity contribution in [1.29, 1.82) is 0 Å². The summed E-state index contributed by atoms with van der Waals surface area (Å²) in [5.41, 5.74) is 6.13. The van der Waals surface area contributed by atoms with Crippen molar-refractivity contribution < 1.29 is 19.4 Å². The minimum absolute atomic E-state index is 0.0905. The number of piperidine rings is 1. The van der Waals surface area contributed by atoms with E-state index in [9.17, 15) is 9.90 Å². The molecule has 216 valence electrons. The second-order valence-electron chi connectivity index (χ2n) is 12.0. The van der Waals surface area contributed by atoms with Crippen LogP contribution in [0.2, 0.25) is 0 Å². The van der Waals surface area contributed by atoms with E-state index in [1.165, 1.54) is 35.3 Å². The first-order valence-corrected chi connectivity index (χ1v) is 15.3. The van der Waals surface area contributed by atoms with Crippen LogP contribution in [-0.2, 0) is 4.79 Å². The van der Waals surface area contributed by atoms with Gasteiger partial charge in [-0.3, -0.25) is 4.79 Å². The highest BCUT2D eigenvalue weighted by Gasteiger charge is 2.34. The van der Waals surface area contributed by atoms with Crippen molar-refractivity contribution in [2.24, 2.45) is 11.8 Å². The maximum Gasteiger partial charge on any atom is 0.303 e. The average Bonchev–Trinajstić information content (AvgIpc) is 3.71. The molecule has 2 saturated heterocycles. The second-order valence-corrected chi connectivity index (χ2v) is 12.0. The Balaban J connectivity index is 1.09. The van der Waals surface area contributed by atoms with Gasteiger partial charge in [0, 0.05) is 49.2 Å². The zero-order chi connectivity index (χ0) is 28.2. The molecule has 2 heterocycles. The number of carboxylic acids is 1. The standard InChI is InChI=1S/C35H42N2O4/c1-40-30-13-14-32(26-9-11-29(12-10-26)36-17-2-3-18-36)34(22-30)37-19-15-25(16-20-37)24-41-31-6-4-5-28(21-31)33(23-35(38)39)27-7-8-27/h4-6,9-14,21-22,25,27,33H,2-3,7-8,15-20,23-24H2,1H3,(H,38,39)/t33-/m0/s1. The molecule has 0 bridgehead atoms. The van der Waals surface area contributed by atoms with Crippen LogP contribution in [0.5, 0.6) is 11.5 Å². The van der Waals surface area contributed by atoms with E-state index in [2.05, 4.69) is 64.4 Å². The molecule has 0 amide bonds. The Morgan fingerprint density at radius 3 is 2.32 bits per heavy atom. The molecule has 3 aliphatic rings. The maximum atomic E-state index is 11.4. The fourth-order valence-electron chi connectivity index (χ4n) is 6.60. The van der Waals surface area contributed by atoms with E-state index in [0.717, 1.165) is 68.9 Å². The number of hydrogen-bond acceptors (Lipinski definition) is 5. The number of rotatable bonds is 11. The summed E-state index contributed by atoms with van der Waals surface area (Å²) in [5, 5.41) is 9.39. The van der Waals surface area contributed by atoms with Gasteiger partial charge in [0.2, 0.25) is 0 Å².